The van der Waals surface area contributed by atoms with Crippen molar-refractivity contribution in [2.24, 2.45) is 0 Å². The summed E-state index contributed by atoms with van der Waals surface area (Å²) in [6, 6.07) is 13.2. The summed E-state index contributed by atoms with van der Waals surface area (Å²) in [5, 5.41) is 11.6. The standard InChI is InChI=1S/C24H27ClN2O4/c1-4-31-19-11-6-9-17(15-19)22(28)20-21(16-8-5-10-18(25)14-16)27(24(30)23(20)29)13-7-12-26(2)3/h5-6,8-11,14-15,21,28H,4,7,12-13H2,1-3H3/b22-20+. The van der Waals surface area contributed by atoms with Gasteiger partial charge in [0, 0.05) is 17.1 Å². The van der Waals surface area contributed by atoms with Gasteiger partial charge < -0.3 is 19.6 Å². The van der Waals surface area contributed by atoms with Crippen molar-refractivity contribution in [1.82, 2.24) is 9.80 Å². The van der Waals surface area contributed by atoms with Crippen LogP contribution in [0.1, 0.15) is 30.5 Å². The first-order chi connectivity index (χ1) is 14.8. The third-order valence-electron chi connectivity index (χ3n) is 5.13. The molecule has 1 aliphatic heterocycles. The first-order valence-electron chi connectivity index (χ1n) is 10.2. The predicted octanol–water partition coefficient (Wildman–Crippen LogP) is 4.11. The number of likely N-dealkylation sites (tertiary alicyclic amines) is 1. The molecular formula is C24H27ClN2O4. The fourth-order valence-electron chi connectivity index (χ4n) is 3.75. The Kier molecular flexibility index (Phi) is 7.36. The van der Waals surface area contributed by atoms with E-state index in [1.807, 2.05) is 32.0 Å². The van der Waals surface area contributed by atoms with Crippen molar-refractivity contribution in [3.05, 3.63) is 70.3 Å². The fraction of sp³-hybridized carbons (Fsp3) is 0.333. The Hall–Kier alpha value is -2.83. The highest BCUT2D eigenvalue weighted by atomic mass is 35.5. The highest BCUT2D eigenvalue weighted by Crippen LogP contribution is 2.40. The summed E-state index contributed by atoms with van der Waals surface area (Å²) in [5.74, 6) is -0.966. The molecule has 0 radical (unpaired) electrons. The molecule has 164 valence electrons. The highest BCUT2D eigenvalue weighted by Gasteiger charge is 2.45. The lowest BCUT2D eigenvalue weighted by Gasteiger charge is -2.26. The van der Waals surface area contributed by atoms with Gasteiger partial charge in [0.2, 0.25) is 0 Å². The topological polar surface area (TPSA) is 70.1 Å². The molecule has 0 aliphatic carbocycles. The molecule has 1 fully saturated rings. The zero-order valence-electron chi connectivity index (χ0n) is 18.0. The van der Waals surface area contributed by atoms with Gasteiger partial charge in [0.25, 0.3) is 11.7 Å². The van der Waals surface area contributed by atoms with Crippen molar-refractivity contribution in [2.75, 3.05) is 33.8 Å². The van der Waals surface area contributed by atoms with E-state index in [0.29, 0.717) is 41.5 Å². The number of hydrogen-bond donors (Lipinski definition) is 1. The summed E-state index contributed by atoms with van der Waals surface area (Å²) in [6.45, 7) is 3.49. The number of ketones is 1. The van der Waals surface area contributed by atoms with E-state index in [4.69, 9.17) is 16.3 Å². The van der Waals surface area contributed by atoms with E-state index in [0.717, 1.165) is 6.54 Å². The second-order valence-electron chi connectivity index (χ2n) is 7.67. The van der Waals surface area contributed by atoms with Crippen LogP contribution in [0.4, 0.5) is 0 Å². The molecule has 7 heteroatoms. The quantitative estimate of drug-likeness (QED) is 0.378. The molecular weight excluding hydrogens is 416 g/mol. The molecule has 6 nitrogen and oxygen atoms in total. The number of rotatable bonds is 8. The van der Waals surface area contributed by atoms with Crippen LogP contribution in [-0.4, -0.2) is 60.4 Å². The number of benzene rings is 2. The van der Waals surface area contributed by atoms with E-state index >= 15 is 0 Å². The van der Waals surface area contributed by atoms with Gasteiger partial charge in [-0.25, -0.2) is 0 Å². The Bertz CT molecular complexity index is 1000. The highest BCUT2D eigenvalue weighted by molar-refractivity contribution is 6.46. The summed E-state index contributed by atoms with van der Waals surface area (Å²) in [5.41, 5.74) is 1.16. The number of hydrogen-bond acceptors (Lipinski definition) is 5. The summed E-state index contributed by atoms with van der Waals surface area (Å²) < 4.78 is 5.51. The van der Waals surface area contributed by atoms with Gasteiger partial charge in [-0.3, -0.25) is 9.59 Å². The molecule has 3 rings (SSSR count). The molecule has 0 aromatic heterocycles. The van der Waals surface area contributed by atoms with Crippen LogP contribution in [0.25, 0.3) is 5.76 Å². The average molecular weight is 443 g/mol. The van der Waals surface area contributed by atoms with E-state index in [9.17, 15) is 14.7 Å². The number of aliphatic hydroxyl groups excluding tert-OH is 1. The third-order valence-corrected chi connectivity index (χ3v) is 5.36. The lowest BCUT2D eigenvalue weighted by atomic mass is 9.95. The van der Waals surface area contributed by atoms with Gasteiger partial charge >= 0.3 is 0 Å². The zero-order chi connectivity index (χ0) is 22.5. The van der Waals surface area contributed by atoms with Crippen LogP contribution < -0.4 is 4.74 Å². The van der Waals surface area contributed by atoms with Crippen molar-refractivity contribution < 1.29 is 19.4 Å². The number of aliphatic hydroxyl groups is 1. The van der Waals surface area contributed by atoms with Gasteiger partial charge in [-0.1, -0.05) is 35.9 Å². The van der Waals surface area contributed by atoms with Gasteiger partial charge in [0.1, 0.15) is 11.5 Å². The number of halogens is 1. The molecule has 2 aromatic carbocycles. The molecule has 1 saturated heterocycles. The first-order valence-corrected chi connectivity index (χ1v) is 10.6. The zero-order valence-corrected chi connectivity index (χ0v) is 18.7. The second-order valence-corrected chi connectivity index (χ2v) is 8.10. The first kappa shape index (κ1) is 22.8. The summed E-state index contributed by atoms with van der Waals surface area (Å²) >= 11 is 6.20. The molecule has 1 aliphatic rings. The van der Waals surface area contributed by atoms with Gasteiger partial charge in [-0.15, -0.1) is 0 Å². The largest absolute Gasteiger partial charge is 0.507 e. The van der Waals surface area contributed by atoms with Gasteiger partial charge in [0.15, 0.2) is 0 Å². The van der Waals surface area contributed by atoms with E-state index in [1.165, 1.54) is 4.90 Å². The lowest BCUT2D eigenvalue weighted by molar-refractivity contribution is -0.139. The average Bonchev–Trinajstić information content (AvgIpc) is 2.98. The molecule has 1 heterocycles. The maximum absolute atomic E-state index is 13.0. The van der Waals surface area contributed by atoms with Gasteiger partial charge in [-0.05, 0) is 63.8 Å². The summed E-state index contributed by atoms with van der Waals surface area (Å²) in [7, 11) is 3.90. The van der Waals surface area contributed by atoms with Crippen LogP contribution >= 0.6 is 11.6 Å². The van der Waals surface area contributed by atoms with Crippen molar-refractivity contribution >= 4 is 29.1 Å². The van der Waals surface area contributed by atoms with Crippen LogP contribution in [0.15, 0.2) is 54.1 Å². The number of nitrogens with zero attached hydrogens (tertiary/aromatic N) is 2. The van der Waals surface area contributed by atoms with Crippen LogP contribution in [0.3, 0.4) is 0 Å². The van der Waals surface area contributed by atoms with Crippen molar-refractivity contribution in [3.8, 4) is 5.75 Å². The SMILES string of the molecule is CCOc1cccc(/C(O)=C2\C(=O)C(=O)N(CCCN(C)C)C2c2cccc(Cl)c2)c1. The van der Waals surface area contributed by atoms with Crippen LogP contribution in [0.2, 0.25) is 5.02 Å². The van der Waals surface area contributed by atoms with Crippen molar-refractivity contribution in [2.45, 2.75) is 19.4 Å². The Labute approximate surface area is 187 Å². The number of carbonyl (C=O) groups excluding carboxylic acids is 2. The predicted molar refractivity (Wildman–Crippen MR) is 121 cm³/mol. The van der Waals surface area contributed by atoms with E-state index in [-0.39, 0.29) is 11.3 Å². The maximum atomic E-state index is 13.0. The lowest BCUT2D eigenvalue weighted by Crippen LogP contribution is -2.32. The molecule has 1 atom stereocenters. The van der Waals surface area contributed by atoms with Gasteiger partial charge in [0.05, 0.1) is 18.2 Å². The van der Waals surface area contributed by atoms with Crippen LogP contribution in [0, 0.1) is 0 Å². The molecule has 1 unspecified atom stereocenters. The Morgan fingerprint density at radius 3 is 2.58 bits per heavy atom. The maximum Gasteiger partial charge on any atom is 0.295 e. The minimum atomic E-state index is -0.711. The number of carbonyl (C=O) groups is 2. The Morgan fingerprint density at radius 1 is 1.16 bits per heavy atom. The monoisotopic (exact) mass is 442 g/mol. The van der Waals surface area contributed by atoms with E-state index in [1.54, 1.807) is 42.5 Å². The van der Waals surface area contributed by atoms with Crippen LogP contribution in [0.5, 0.6) is 5.75 Å². The van der Waals surface area contributed by atoms with Crippen molar-refractivity contribution in [1.29, 1.82) is 0 Å². The minimum Gasteiger partial charge on any atom is -0.507 e. The smallest absolute Gasteiger partial charge is 0.295 e. The molecule has 2 aromatic rings. The minimum absolute atomic E-state index is 0.0609. The van der Waals surface area contributed by atoms with Crippen molar-refractivity contribution in [3.63, 3.8) is 0 Å². The molecule has 0 spiro atoms. The Balaban J connectivity index is 2.09. The molecule has 0 saturated carbocycles. The molecule has 1 amide bonds. The fourth-order valence-corrected chi connectivity index (χ4v) is 3.95. The number of amides is 1. The van der Waals surface area contributed by atoms with Crippen LogP contribution in [-0.2, 0) is 9.59 Å². The number of Topliss-reactive ketones (excluding diaryl/α,β-unsaturated/α-hetero) is 1. The number of ether oxygens (including phenoxy) is 1. The normalized spacial score (nSPS) is 18.1. The second kappa shape index (κ2) is 9.98. The molecule has 1 N–H and O–H groups in total. The Morgan fingerprint density at radius 2 is 1.90 bits per heavy atom. The summed E-state index contributed by atoms with van der Waals surface area (Å²) in [6.07, 6.45) is 0.691. The molecule has 0 bridgehead atoms. The van der Waals surface area contributed by atoms with Gasteiger partial charge in [-0.2, -0.15) is 0 Å². The van der Waals surface area contributed by atoms with E-state index < -0.39 is 17.7 Å². The van der Waals surface area contributed by atoms with E-state index in [2.05, 4.69) is 0 Å². The summed E-state index contributed by atoms with van der Waals surface area (Å²) in [4.78, 5) is 29.5. The molecule has 31 heavy (non-hydrogen) atoms. The third kappa shape index (κ3) is 5.09.